The van der Waals surface area contributed by atoms with Crippen molar-refractivity contribution in [3.63, 3.8) is 0 Å². The number of hydrogen-bond donors (Lipinski definition) is 0. The number of rotatable bonds is 17. The van der Waals surface area contributed by atoms with Crippen molar-refractivity contribution in [2.75, 3.05) is 9.80 Å². The molecule has 0 heterocycles. The fourth-order valence-electron chi connectivity index (χ4n) is 10.1. The van der Waals surface area contributed by atoms with Crippen LogP contribution in [0.15, 0.2) is 194 Å². The van der Waals surface area contributed by atoms with Gasteiger partial charge in [0.05, 0.1) is 11.4 Å². The summed E-state index contributed by atoms with van der Waals surface area (Å²) in [6, 6.07) is 52.5. The van der Waals surface area contributed by atoms with E-state index in [1.54, 1.807) is 0 Å². The standard InChI is InChI=1S/C63H62F6N2/c1-7-9-15-43-59(3,4)47-27-35-51(36-28-47)70(57-25-17-21-45-19-11-13-23-55(45)57)53-39-31-49(32-40-53)61(62(64,65)66,63(67,68)69)50-33-41-54(42-34-50)71(58-26-18-22-46-20-12-14-24-56(46)58)52-37-29-48(30-38-52)60(5,6)44-16-10-8-2/h11-15,17-43H,7-10,16,44H2,1-6H3/b43-15-. The second-order valence-corrected chi connectivity index (χ2v) is 19.9. The highest BCUT2D eigenvalue weighted by molar-refractivity contribution is 6.00. The van der Waals surface area contributed by atoms with Crippen molar-refractivity contribution < 1.29 is 26.3 Å². The molecule has 8 heteroatoms. The summed E-state index contributed by atoms with van der Waals surface area (Å²) < 4.78 is 95.3. The molecule has 0 bridgehead atoms. The highest BCUT2D eigenvalue weighted by atomic mass is 19.4. The van der Waals surface area contributed by atoms with Crippen LogP contribution < -0.4 is 9.80 Å². The quantitative estimate of drug-likeness (QED) is 0.0510. The van der Waals surface area contributed by atoms with Gasteiger partial charge < -0.3 is 9.80 Å². The van der Waals surface area contributed by atoms with E-state index in [4.69, 9.17) is 0 Å². The van der Waals surface area contributed by atoms with Gasteiger partial charge in [-0.05, 0) is 112 Å². The lowest BCUT2D eigenvalue weighted by atomic mass is 9.72. The van der Waals surface area contributed by atoms with Gasteiger partial charge in [0.15, 0.2) is 0 Å². The maximum absolute atomic E-state index is 15.9. The number of nitrogens with zero attached hydrogens (tertiary/aromatic N) is 2. The molecule has 2 nitrogen and oxygen atoms in total. The predicted octanol–water partition coefficient (Wildman–Crippen LogP) is 19.8. The van der Waals surface area contributed by atoms with Crippen LogP contribution in [0.3, 0.4) is 0 Å². The Morgan fingerprint density at radius 3 is 1.18 bits per heavy atom. The Morgan fingerprint density at radius 2 is 0.789 bits per heavy atom. The summed E-state index contributed by atoms with van der Waals surface area (Å²) >= 11 is 0. The lowest BCUT2D eigenvalue weighted by molar-refractivity contribution is -0.288. The van der Waals surface area contributed by atoms with E-state index in [0.717, 1.165) is 107 Å². The number of halogens is 6. The summed E-state index contributed by atoms with van der Waals surface area (Å²) in [5.41, 5.74) is -0.742. The molecule has 0 fully saturated rings. The normalized spacial score (nSPS) is 12.8. The van der Waals surface area contributed by atoms with Gasteiger partial charge in [0.2, 0.25) is 5.41 Å². The van der Waals surface area contributed by atoms with Crippen LogP contribution >= 0.6 is 0 Å². The number of alkyl halides is 6. The van der Waals surface area contributed by atoms with Crippen LogP contribution in [0.1, 0.15) is 102 Å². The molecule has 0 aliphatic rings. The first-order valence-corrected chi connectivity index (χ1v) is 24.7. The van der Waals surface area contributed by atoms with E-state index in [1.165, 1.54) is 24.3 Å². The second-order valence-electron chi connectivity index (χ2n) is 19.9. The molecule has 0 saturated carbocycles. The molecule has 366 valence electrons. The van der Waals surface area contributed by atoms with Crippen LogP contribution in [0, 0.1) is 0 Å². The van der Waals surface area contributed by atoms with Crippen molar-refractivity contribution in [1.29, 1.82) is 0 Å². The minimum absolute atomic E-state index is 0.0983. The summed E-state index contributed by atoms with van der Waals surface area (Å²) in [6.07, 6.45) is -0.876. The summed E-state index contributed by atoms with van der Waals surface area (Å²) in [4.78, 5) is 3.78. The summed E-state index contributed by atoms with van der Waals surface area (Å²) in [6.45, 7) is 13.0. The fourth-order valence-corrected chi connectivity index (χ4v) is 10.1. The molecule has 8 rings (SSSR count). The van der Waals surface area contributed by atoms with Crippen molar-refractivity contribution >= 4 is 55.7 Å². The zero-order valence-corrected chi connectivity index (χ0v) is 41.4. The molecular formula is C63H62F6N2. The van der Waals surface area contributed by atoms with E-state index in [2.05, 4.69) is 65.8 Å². The molecule has 0 N–H and O–H groups in total. The summed E-state index contributed by atoms with van der Waals surface area (Å²) in [7, 11) is 0. The maximum Gasteiger partial charge on any atom is 0.411 e. The molecule has 8 aromatic rings. The first-order valence-electron chi connectivity index (χ1n) is 24.7. The summed E-state index contributed by atoms with van der Waals surface area (Å²) in [5.74, 6) is 0. The van der Waals surface area contributed by atoms with E-state index in [0.29, 0.717) is 22.7 Å². The van der Waals surface area contributed by atoms with E-state index >= 15 is 26.3 Å². The lowest BCUT2D eigenvalue weighted by Gasteiger charge is -2.39. The highest BCUT2D eigenvalue weighted by Crippen LogP contribution is 2.57. The van der Waals surface area contributed by atoms with Gasteiger partial charge in [-0.1, -0.05) is 201 Å². The van der Waals surface area contributed by atoms with Crippen LogP contribution in [0.4, 0.5) is 60.5 Å². The third kappa shape index (κ3) is 10.1. The number of hydrogen-bond acceptors (Lipinski definition) is 2. The van der Waals surface area contributed by atoms with Gasteiger partial charge in [0.25, 0.3) is 0 Å². The van der Waals surface area contributed by atoms with Crippen LogP contribution in [0.2, 0.25) is 0 Å². The van der Waals surface area contributed by atoms with Crippen molar-refractivity contribution in [2.45, 2.75) is 109 Å². The van der Waals surface area contributed by atoms with Crippen LogP contribution in [0.25, 0.3) is 21.5 Å². The smallest absolute Gasteiger partial charge is 0.310 e. The Bertz CT molecular complexity index is 3050. The molecule has 0 spiro atoms. The maximum atomic E-state index is 15.9. The molecule has 0 radical (unpaired) electrons. The molecule has 0 saturated heterocycles. The zero-order valence-electron chi connectivity index (χ0n) is 41.4. The molecule has 0 unspecified atom stereocenters. The van der Waals surface area contributed by atoms with Crippen molar-refractivity contribution in [3.05, 3.63) is 216 Å². The fraction of sp³-hybridized carbons (Fsp3) is 0.270. The molecule has 0 aromatic heterocycles. The Kier molecular flexibility index (Phi) is 14.6. The van der Waals surface area contributed by atoms with E-state index in [-0.39, 0.29) is 10.8 Å². The Hall–Kier alpha value is -6.80. The van der Waals surface area contributed by atoms with Gasteiger partial charge in [-0.25, -0.2) is 0 Å². The number of benzene rings is 8. The summed E-state index contributed by atoms with van der Waals surface area (Å²) in [5, 5.41) is 3.61. The average Bonchev–Trinajstić information content (AvgIpc) is 3.35. The molecule has 0 amide bonds. The van der Waals surface area contributed by atoms with Crippen molar-refractivity contribution in [3.8, 4) is 0 Å². The molecular weight excluding hydrogens is 899 g/mol. The SMILES string of the molecule is CCC/C=C\C(C)(C)c1ccc(N(c2ccc(C(c3ccc(N(c4ccc(C(C)(C)CCCCC)cc4)c4cccc5ccccc45)cc3)(C(F)(F)F)C(F)(F)F)cc2)c2cccc3ccccc23)cc1. The van der Waals surface area contributed by atoms with E-state index in [1.807, 2.05) is 131 Å². The van der Waals surface area contributed by atoms with Crippen molar-refractivity contribution in [2.24, 2.45) is 0 Å². The third-order valence-corrected chi connectivity index (χ3v) is 14.2. The van der Waals surface area contributed by atoms with Crippen molar-refractivity contribution in [1.82, 2.24) is 0 Å². The highest BCUT2D eigenvalue weighted by Gasteiger charge is 2.72. The monoisotopic (exact) mass is 960 g/mol. The molecule has 0 aliphatic heterocycles. The van der Waals surface area contributed by atoms with Gasteiger partial charge >= 0.3 is 12.4 Å². The first-order chi connectivity index (χ1) is 33.9. The molecule has 71 heavy (non-hydrogen) atoms. The Morgan fingerprint density at radius 1 is 0.408 bits per heavy atom. The first kappa shape index (κ1) is 50.6. The Labute approximate surface area is 415 Å². The van der Waals surface area contributed by atoms with E-state index < -0.39 is 28.9 Å². The topological polar surface area (TPSA) is 6.48 Å². The van der Waals surface area contributed by atoms with Gasteiger partial charge in [-0.2, -0.15) is 26.3 Å². The number of anilines is 6. The van der Waals surface area contributed by atoms with Gasteiger partial charge in [-0.15, -0.1) is 0 Å². The molecule has 8 aromatic carbocycles. The molecule has 0 aliphatic carbocycles. The average molecular weight is 961 g/mol. The largest absolute Gasteiger partial charge is 0.411 e. The van der Waals surface area contributed by atoms with Gasteiger partial charge in [-0.3, -0.25) is 0 Å². The predicted molar refractivity (Wildman–Crippen MR) is 284 cm³/mol. The minimum Gasteiger partial charge on any atom is -0.310 e. The van der Waals surface area contributed by atoms with Crippen LogP contribution in [-0.4, -0.2) is 12.4 Å². The van der Waals surface area contributed by atoms with Crippen LogP contribution in [0.5, 0.6) is 0 Å². The number of unbranched alkanes of at least 4 members (excludes halogenated alkanes) is 3. The third-order valence-electron chi connectivity index (χ3n) is 14.2. The van der Waals surface area contributed by atoms with E-state index in [9.17, 15) is 0 Å². The van der Waals surface area contributed by atoms with Crippen LogP contribution in [-0.2, 0) is 16.2 Å². The Balaban J connectivity index is 1.23. The lowest BCUT2D eigenvalue weighted by Crippen LogP contribution is -2.54. The second kappa shape index (κ2) is 20.5. The van der Waals surface area contributed by atoms with Gasteiger partial charge in [0.1, 0.15) is 0 Å². The molecule has 0 atom stereocenters. The zero-order chi connectivity index (χ0) is 50.6. The minimum atomic E-state index is -5.78. The number of fused-ring (bicyclic) bond motifs is 2. The van der Waals surface area contributed by atoms with Gasteiger partial charge in [0, 0.05) is 38.9 Å². The number of allylic oxidation sites excluding steroid dienone is 2.